The largest absolute Gasteiger partial charge is 0.466 e. The number of hydrogen-bond acceptors (Lipinski definition) is 4. The molecule has 0 atom stereocenters. The number of carbonyl (C=O) groups excluding carboxylic acids is 2. The quantitative estimate of drug-likeness (QED) is 0.742. The number of hydrogen-bond donors (Lipinski definition) is 0. The van der Waals surface area contributed by atoms with Crippen LogP contribution in [0, 0.1) is 11.3 Å². The number of esters is 1. The highest BCUT2D eigenvalue weighted by Crippen LogP contribution is 2.16. The SMILES string of the molecule is CCOC(=O)Cc1cccc(CC(C)=O)c1C#N. The summed E-state index contributed by atoms with van der Waals surface area (Å²) in [6.07, 6.45) is 0.266. The molecule has 0 fully saturated rings. The van der Waals surface area contributed by atoms with E-state index >= 15 is 0 Å². The van der Waals surface area contributed by atoms with Gasteiger partial charge < -0.3 is 4.74 Å². The number of nitrogens with zero attached hydrogens (tertiary/aromatic N) is 1. The number of benzene rings is 1. The van der Waals surface area contributed by atoms with Crippen molar-refractivity contribution < 1.29 is 14.3 Å². The molecular formula is C14H15NO3. The van der Waals surface area contributed by atoms with Crippen LogP contribution < -0.4 is 0 Å². The maximum absolute atomic E-state index is 11.4. The van der Waals surface area contributed by atoms with Crippen LogP contribution in [0.4, 0.5) is 0 Å². The normalized spacial score (nSPS) is 9.61. The van der Waals surface area contributed by atoms with Gasteiger partial charge in [-0.05, 0) is 25.0 Å². The van der Waals surface area contributed by atoms with Crippen LogP contribution in [0.25, 0.3) is 0 Å². The molecule has 0 saturated carbocycles. The Labute approximate surface area is 106 Å². The number of nitriles is 1. The van der Waals surface area contributed by atoms with E-state index in [4.69, 9.17) is 10.00 Å². The van der Waals surface area contributed by atoms with Crippen LogP contribution in [0.5, 0.6) is 0 Å². The number of ether oxygens (including phenoxy) is 1. The Morgan fingerprint density at radius 3 is 2.39 bits per heavy atom. The molecule has 0 heterocycles. The third-order valence-corrected chi connectivity index (χ3v) is 2.43. The lowest BCUT2D eigenvalue weighted by atomic mass is 9.97. The molecule has 0 bridgehead atoms. The average Bonchev–Trinajstić information content (AvgIpc) is 2.28. The van der Waals surface area contributed by atoms with Crippen molar-refractivity contribution in [2.75, 3.05) is 6.61 Å². The first kappa shape index (κ1) is 13.9. The fraction of sp³-hybridized carbons (Fsp3) is 0.357. The van der Waals surface area contributed by atoms with Crippen molar-refractivity contribution in [2.45, 2.75) is 26.7 Å². The zero-order chi connectivity index (χ0) is 13.5. The molecule has 0 aliphatic rings. The molecule has 4 heteroatoms. The van der Waals surface area contributed by atoms with Crippen molar-refractivity contribution in [2.24, 2.45) is 0 Å². The summed E-state index contributed by atoms with van der Waals surface area (Å²) in [5, 5.41) is 9.14. The molecule has 0 saturated heterocycles. The first-order valence-electron chi connectivity index (χ1n) is 5.74. The van der Waals surface area contributed by atoms with Crippen molar-refractivity contribution in [3.63, 3.8) is 0 Å². The van der Waals surface area contributed by atoms with Crippen molar-refractivity contribution in [3.05, 3.63) is 34.9 Å². The number of carbonyl (C=O) groups is 2. The molecule has 0 unspecified atom stereocenters. The van der Waals surface area contributed by atoms with E-state index in [-0.39, 0.29) is 24.6 Å². The Kier molecular flexibility index (Phi) is 5.06. The van der Waals surface area contributed by atoms with E-state index in [2.05, 4.69) is 6.07 Å². The van der Waals surface area contributed by atoms with Crippen LogP contribution in [0.2, 0.25) is 0 Å². The first-order chi connectivity index (χ1) is 8.58. The highest BCUT2D eigenvalue weighted by molar-refractivity contribution is 5.80. The molecular weight excluding hydrogens is 230 g/mol. The van der Waals surface area contributed by atoms with Gasteiger partial charge in [0.2, 0.25) is 0 Å². The van der Waals surface area contributed by atoms with Crippen LogP contribution in [-0.2, 0) is 27.2 Å². The molecule has 0 aliphatic carbocycles. The van der Waals surface area contributed by atoms with Crippen molar-refractivity contribution in [3.8, 4) is 6.07 Å². The highest BCUT2D eigenvalue weighted by Gasteiger charge is 2.13. The summed E-state index contributed by atoms with van der Waals surface area (Å²) in [4.78, 5) is 22.5. The molecule has 94 valence electrons. The summed E-state index contributed by atoms with van der Waals surface area (Å²) < 4.78 is 4.85. The van der Waals surface area contributed by atoms with Gasteiger partial charge in [0.25, 0.3) is 0 Å². The fourth-order valence-electron chi connectivity index (χ4n) is 1.73. The minimum Gasteiger partial charge on any atom is -0.466 e. The Balaban J connectivity index is 3.02. The third kappa shape index (κ3) is 3.70. The first-order valence-corrected chi connectivity index (χ1v) is 5.74. The molecule has 1 aromatic rings. The zero-order valence-electron chi connectivity index (χ0n) is 10.5. The van der Waals surface area contributed by atoms with Gasteiger partial charge in [-0.3, -0.25) is 9.59 Å². The molecule has 0 amide bonds. The molecule has 0 aliphatic heterocycles. The van der Waals surface area contributed by atoms with Crippen molar-refractivity contribution in [1.29, 1.82) is 5.26 Å². The lowest BCUT2D eigenvalue weighted by molar-refractivity contribution is -0.142. The van der Waals surface area contributed by atoms with Gasteiger partial charge in [0.15, 0.2) is 0 Å². The van der Waals surface area contributed by atoms with Gasteiger partial charge in [-0.1, -0.05) is 18.2 Å². The van der Waals surface area contributed by atoms with Crippen molar-refractivity contribution >= 4 is 11.8 Å². The van der Waals surface area contributed by atoms with Crippen LogP contribution in [0.3, 0.4) is 0 Å². The average molecular weight is 245 g/mol. The van der Waals surface area contributed by atoms with E-state index in [9.17, 15) is 9.59 Å². The second-order valence-corrected chi connectivity index (χ2v) is 3.92. The molecule has 4 nitrogen and oxygen atoms in total. The second kappa shape index (κ2) is 6.55. The lowest BCUT2D eigenvalue weighted by Gasteiger charge is -2.08. The minimum absolute atomic E-state index is 0.0141. The predicted molar refractivity (Wildman–Crippen MR) is 65.9 cm³/mol. The molecule has 0 spiro atoms. The second-order valence-electron chi connectivity index (χ2n) is 3.92. The van der Waals surface area contributed by atoms with E-state index in [1.165, 1.54) is 6.92 Å². The Morgan fingerprint density at radius 2 is 1.89 bits per heavy atom. The summed E-state index contributed by atoms with van der Waals surface area (Å²) in [5.41, 5.74) is 1.67. The smallest absolute Gasteiger partial charge is 0.310 e. The fourth-order valence-corrected chi connectivity index (χ4v) is 1.73. The van der Waals surface area contributed by atoms with Crippen LogP contribution in [-0.4, -0.2) is 18.4 Å². The lowest BCUT2D eigenvalue weighted by Crippen LogP contribution is -2.10. The maximum atomic E-state index is 11.4. The molecule has 1 rings (SSSR count). The Morgan fingerprint density at radius 1 is 1.28 bits per heavy atom. The van der Waals surface area contributed by atoms with Gasteiger partial charge in [-0.15, -0.1) is 0 Å². The van der Waals surface area contributed by atoms with E-state index in [0.717, 1.165) is 0 Å². The predicted octanol–water partition coefficient (Wildman–Crippen LogP) is 1.80. The summed E-state index contributed by atoms with van der Waals surface area (Å²) in [6.45, 7) is 3.52. The Bertz CT molecular complexity index is 500. The summed E-state index contributed by atoms with van der Waals surface area (Å²) in [7, 11) is 0. The van der Waals surface area contributed by atoms with E-state index in [1.54, 1.807) is 25.1 Å². The molecule has 0 N–H and O–H groups in total. The maximum Gasteiger partial charge on any atom is 0.310 e. The number of ketones is 1. The third-order valence-electron chi connectivity index (χ3n) is 2.43. The van der Waals surface area contributed by atoms with Gasteiger partial charge in [0.05, 0.1) is 24.7 Å². The highest BCUT2D eigenvalue weighted by atomic mass is 16.5. The van der Waals surface area contributed by atoms with Gasteiger partial charge in [-0.2, -0.15) is 5.26 Å². The van der Waals surface area contributed by atoms with Crippen LogP contribution >= 0.6 is 0 Å². The number of rotatable bonds is 5. The summed E-state index contributed by atoms with van der Waals surface area (Å²) >= 11 is 0. The van der Waals surface area contributed by atoms with Crippen molar-refractivity contribution in [1.82, 2.24) is 0 Å². The summed E-state index contributed by atoms with van der Waals surface area (Å²) in [5.74, 6) is -0.381. The zero-order valence-corrected chi connectivity index (χ0v) is 10.5. The standard InChI is InChI=1S/C14H15NO3/c1-3-18-14(17)8-12-6-4-5-11(7-10(2)16)13(12)9-15/h4-6H,3,7-8H2,1-2H3. The van der Waals surface area contributed by atoms with Gasteiger partial charge in [0, 0.05) is 6.42 Å². The molecule has 0 aromatic heterocycles. The van der Waals surface area contributed by atoms with E-state index < -0.39 is 0 Å². The van der Waals surface area contributed by atoms with Crippen LogP contribution in [0.1, 0.15) is 30.5 Å². The monoisotopic (exact) mass is 245 g/mol. The van der Waals surface area contributed by atoms with Gasteiger partial charge >= 0.3 is 5.97 Å². The summed E-state index contributed by atoms with van der Waals surface area (Å²) in [6, 6.07) is 7.24. The van der Waals surface area contributed by atoms with E-state index in [0.29, 0.717) is 23.3 Å². The Hall–Kier alpha value is -2.15. The topological polar surface area (TPSA) is 67.2 Å². The van der Waals surface area contributed by atoms with Crippen LogP contribution in [0.15, 0.2) is 18.2 Å². The molecule has 1 aromatic carbocycles. The minimum atomic E-state index is -0.367. The van der Waals surface area contributed by atoms with E-state index in [1.807, 2.05) is 0 Å². The van der Waals surface area contributed by atoms with Gasteiger partial charge in [-0.25, -0.2) is 0 Å². The number of Topliss-reactive ketones (excluding diaryl/α,β-unsaturated/α-hetero) is 1. The molecule has 0 radical (unpaired) electrons. The van der Waals surface area contributed by atoms with Gasteiger partial charge in [0.1, 0.15) is 5.78 Å². The molecule has 18 heavy (non-hydrogen) atoms.